The maximum atomic E-state index is 6.18. The van der Waals surface area contributed by atoms with Gasteiger partial charge < -0.3 is 13.6 Å². The summed E-state index contributed by atoms with van der Waals surface area (Å²) in [5.41, 5.74) is 25.0. The number of fused-ring (bicyclic) bond motifs is 20. The molecule has 0 atom stereocenters. The molecule has 0 spiro atoms. The van der Waals surface area contributed by atoms with E-state index >= 15 is 0 Å². The first-order chi connectivity index (χ1) is 40.2. The van der Waals surface area contributed by atoms with Crippen LogP contribution in [0.4, 0.5) is 0 Å². The summed E-state index contributed by atoms with van der Waals surface area (Å²) in [6, 6.07) is 93.4. The minimum atomic E-state index is -0.0977. The van der Waals surface area contributed by atoms with Gasteiger partial charge in [0, 0.05) is 74.7 Å². The fourth-order valence-electron chi connectivity index (χ4n) is 14.6. The van der Waals surface area contributed by atoms with E-state index in [1.165, 1.54) is 136 Å². The van der Waals surface area contributed by atoms with Gasteiger partial charge in [0.15, 0.2) is 0 Å². The van der Waals surface area contributed by atoms with E-state index < -0.39 is 0 Å². The number of para-hydroxylation sites is 3. The van der Waals surface area contributed by atoms with Gasteiger partial charge in [-0.2, -0.15) is 0 Å². The zero-order valence-corrected chi connectivity index (χ0v) is 46.8. The molecule has 4 heteroatoms. The SMILES string of the molecule is CC1(C)c2ccccc2-c2ccc3c4ccccc4n(-c4ccc(-c5ccc6c(c5)oc5ccccc56)cc4)c3c21.CC1(C)c2ccccc2-c2ccc3c4ccccc4n(-c4ccc(-c5ccc6c(c5)sc5ccccc56)cc4)c3c21. The molecule has 2 aliphatic carbocycles. The number of aromatic nitrogens is 2. The molecule has 388 valence electrons. The maximum Gasteiger partial charge on any atom is 0.136 e. The third-order valence-electron chi connectivity index (χ3n) is 18.4. The van der Waals surface area contributed by atoms with Crippen LogP contribution in [0.1, 0.15) is 49.9 Å². The van der Waals surface area contributed by atoms with Gasteiger partial charge >= 0.3 is 0 Å². The summed E-state index contributed by atoms with van der Waals surface area (Å²) in [5, 5.41) is 10.2. The summed E-state index contributed by atoms with van der Waals surface area (Å²) in [4.78, 5) is 0. The normalized spacial score (nSPS) is 13.8. The summed E-state index contributed by atoms with van der Waals surface area (Å²) in [7, 11) is 0. The van der Waals surface area contributed by atoms with E-state index in [1.807, 2.05) is 23.5 Å². The van der Waals surface area contributed by atoms with Crippen molar-refractivity contribution in [2.75, 3.05) is 0 Å². The molecule has 0 radical (unpaired) electrons. The van der Waals surface area contributed by atoms with Gasteiger partial charge in [-0.25, -0.2) is 0 Å². The fraction of sp³-hybridized carbons (Fsp3) is 0.0769. The van der Waals surface area contributed by atoms with Crippen LogP contribution in [-0.4, -0.2) is 9.13 Å². The van der Waals surface area contributed by atoms with Gasteiger partial charge in [-0.05, 0) is 133 Å². The van der Waals surface area contributed by atoms with Crippen molar-refractivity contribution in [1.82, 2.24) is 9.13 Å². The average molecular weight is 1070 g/mol. The molecule has 0 fully saturated rings. The Morgan fingerprint density at radius 3 is 1.29 bits per heavy atom. The van der Waals surface area contributed by atoms with E-state index in [2.05, 4.69) is 279 Å². The molecule has 3 nitrogen and oxygen atoms in total. The van der Waals surface area contributed by atoms with E-state index in [0.29, 0.717) is 0 Å². The third-order valence-corrected chi connectivity index (χ3v) is 19.5. The van der Waals surface area contributed by atoms with E-state index in [9.17, 15) is 0 Å². The maximum absolute atomic E-state index is 6.18. The highest BCUT2D eigenvalue weighted by Crippen LogP contribution is 2.55. The molecule has 0 aliphatic heterocycles. The average Bonchev–Trinajstić information content (AvgIpc) is 2.56. The van der Waals surface area contributed by atoms with Gasteiger partial charge in [-0.15, -0.1) is 11.3 Å². The molecule has 0 bridgehead atoms. The van der Waals surface area contributed by atoms with Crippen LogP contribution >= 0.6 is 11.3 Å². The number of benzene rings is 12. The first-order valence-corrected chi connectivity index (χ1v) is 29.4. The monoisotopic (exact) mass is 1070 g/mol. The van der Waals surface area contributed by atoms with Crippen molar-refractivity contribution in [2.45, 2.75) is 38.5 Å². The molecule has 18 rings (SSSR count). The molecule has 4 heterocycles. The molecular formula is C78H54N2OS. The lowest BCUT2D eigenvalue weighted by molar-refractivity contribution is 0.663. The molecule has 2 aliphatic rings. The van der Waals surface area contributed by atoms with Crippen LogP contribution < -0.4 is 0 Å². The Kier molecular flexibility index (Phi) is 9.98. The molecule has 0 saturated carbocycles. The van der Waals surface area contributed by atoms with Crippen molar-refractivity contribution in [3.63, 3.8) is 0 Å². The number of thiophene rings is 1. The van der Waals surface area contributed by atoms with E-state index in [0.717, 1.165) is 27.5 Å². The molecule has 0 saturated heterocycles. The van der Waals surface area contributed by atoms with Crippen LogP contribution in [0.3, 0.4) is 0 Å². The molecular weight excluding hydrogens is 1010 g/mol. The van der Waals surface area contributed by atoms with E-state index in [-0.39, 0.29) is 10.8 Å². The molecule has 0 amide bonds. The van der Waals surface area contributed by atoms with Crippen molar-refractivity contribution in [3.05, 3.63) is 277 Å². The second-order valence-corrected chi connectivity index (χ2v) is 24.6. The highest BCUT2D eigenvalue weighted by molar-refractivity contribution is 7.25. The number of rotatable bonds is 4. The highest BCUT2D eigenvalue weighted by atomic mass is 32.1. The first kappa shape index (κ1) is 47.1. The van der Waals surface area contributed by atoms with Crippen LogP contribution in [0.15, 0.2) is 259 Å². The lowest BCUT2D eigenvalue weighted by Gasteiger charge is -2.23. The van der Waals surface area contributed by atoms with Crippen molar-refractivity contribution in [2.24, 2.45) is 0 Å². The Labute approximate surface area is 479 Å². The topological polar surface area (TPSA) is 23.0 Å². The lowest BCUT2D eigenvalue weighted by Crippen LogP contribution is -2.16. The van der Waals surface area contributed by atoms with Crippen LogP contribution in [0.25, 0.3) is 142 Å². The molecule has 12 aromatic carbocycles. The summed E-state index contributed by atoms with van der Waals surface area (Å²) in [6.45, 7) is 9.51. The molecule has 4 aromatic heterocycles. The van der Waals surface area contributed by atoms with Crippen molar-refractivity contribution in [1.29, 1.82) is 0 Å². The Bertz CT molecular complexity index is 4990. The van der Waals surface area contributed by atoms with Crippen LogP contribution in [0.2, 0.25) is 0 Å². The first-order valence-electron chi connectivity index (χ1n) is 28.6. The minimum absolute atomic E-state index is 0.0861. The number of furan rings is 1. The largest absolute Gasteiger partial charge is 0.456 e. The van der Waals surface area contributed by atoms with Gasteiger partial charge in [0.1, 0.15) is 11.2 Å². The fourth-order valence-corrected chi connectivity index (χ4v) is 15.7. The molecule has 16 aromatic rings. The van der Waals surface area contributed by atoms with Gasteiger partial charge in [-0.3, -0.25) is 0 Å². The predicted octanol–water partition coefficient (Wildman–Crippen LogP) is 21.8. The molecule has 0 unspecified atom stereocenters. The Balaban J connectivity index is 0.000000130. The Morgan fingerprint density at radius 2 is 0.720 bits per heavy atom. The van der Waals surface area contributed by atoms with Gasteiger partial charge in [-0.1, -0.05) is 216 Å². The Hall–Kier alpha value is -9.74. The Morgan fingerprint density at radius 1 is 0.305 bits per heavy atom. The number of hydrogen-bond donors (Lipinski definition) is 0. The van der Waals surface area contributed by atoms with Crippen LogP contribution in [-0.2, 0) is 10.8 Å². The smallest absolute Gasteiger partial charge is 0.136 e. The zero-order valence-electron chi connectivity index (χ0n) is 46.0. The second-order valence-electron chi connectivity index (χ2n) is 23.5. The number of nitrogens with zero attached hydrogens (tertiary/aromatic N) is 2. The lowest BCUT2D eigenvalue weighted by atomic mass is 9.81. The molecule has 82 heavy (non-hydrogen) atoms. The number of hydrogen-bond acceptors (Lipinski definition) is 2. The standard InChI is InChI=1S/C39H27NO.C39H27NS/c2*1-39(2)33-12-6-3-9-27(33)31-21-22-32-28-10-4-7-13-34(28)40(38(32)37(31)39)26-18-15-24(16-19-26)25-17-20-30-29-11-5-8-14-35(29)41-36(30)23-25/h2*3-23H,1-2H3. The summed E-state index contributed by atoms with van der Waals surface area (Å²) < 4.78 is 13.8. The van der Waals surface area contributed by atoms with Crippen molar-refractivity contribution >= 4 is 97.1 Å². The van der Waals surface area contributed by atoms with Crippen LogP contribution in [0.5, 0.6) is 0 Å². The quantitative estimate of drug-likeness (QED) is 0.172. The van der Waals surface area contributed by atoms with Crippen molar-refractivity contribution < 1.29 is 4.42 Å². The summed E-state index contributed by atoms with van der Waals surface area (Å²) in [6.07, 6.45) is 0. The minimum Gasteiger partial charge on any atom is -0.456 e. The van der Waals surface area contributed by atoms with Gasteiger partial charge in [0.2, 0.25) is 0 Å². The predicted molar refractivity (Wildman–Crippen MR) is 348 cm³/mol. The van der Waals surface area contributed by atoms with Crippen molar-refractivity contribution in [3.8, 4) is 55.9 Å². The summed E-state index contributed by atoms with van der Waals surface area (Å²) >= 11 is 1.88. The van der Waals surface area contributed by atoms with Crippen LogP contribution in [0, 0.1) is 0 Å². The summed E-state index contributed by atoms with van der Waals surface area (Å²) in [5.74, 6) is 0. The van der Waals surface area contributed by atoms with Gasteiger partial charge in [0.25, 0.3) is 0 Å². The molecule has 0 N–H and O–H groups in total. The highest BCUT2D eigenvalue weighted by Gasteiger charge is 2.40. The zero-order chi connectivity index (χ0) is 54.6. The van der Waals surface area contributed by atoms with E-state index in [1.54, 1.807) is 0 Å². The van der Waals surface area contributed by atoms with E-state index in [4.69, 9.17) is 4.42 Å². The second kappa shape index (κ2) is 17.4. The third kappa shape index (κ3) is 6.70. The van der Waals surface area contributed by atoms with Gasteiger partial charge in [0.05, 0.1) is 22.1 Å².